The van der Waals surface area contributed by atoms with Crippen molar-refractivity contribution in [3.63, 3.8) is 0 Å². The van der Waals surface area contributed by atoms with Gasteiger partial charge in [-0.3, -0.25) is 9.59 Å². The number of ether oxygens (including phenoxy) is 2. The molecule has 6 rings (SSSR count). The number of nitrogens with one attached hydrogen (secondary N) is 1. The molecule has 2 aromatic heterocycles. The summed E-state index contributed by atoms with van der Waals surface area (Å²) in [5, 5.41) is 9.63. The van der Waals surface area contributed by atoms with Crippen molar-refractivity contribution in [2.75, 3.05) is 10.6 Å². The number of hydrogen-bond acceptors (Lipinski definition) is 7. The molecule has 2 N–H and O–H groups in total. The average Bonchev–Trinajstić information content (AvgIpc) is 3.16. The lowest BCUT2D eigenvalue weighted by Gasteiger charge is -2.28. The number of aryl methyl sites for hydroxylation is 1. The van der Waals surface area contributed by atoms with Crippen LogP contribution in [0.3, 0.4) is 0 Å². The molecule has 1 atom stereocenters. The number of hydrogen-bond donors (Lipinski definition) is 2. The van der Waals surface area contributed by atoms with E-state index in [1.54, 1.807) is 30.5 Å². The molecule has 6 aromatic rings. The number of aromatic nitrogens is 2. The molecule has 0 aliphatic rings. The van der Waals surface area contributed by atoms with Crippen LogP contribution in [0.5, 0.6) is 17.2 Å². The number of benzene rings is 4. The maximum atomic E-state index is 12.2. The van der Waals surface area contributed by atoms with Crippen molar-refractivity contribution in [1.29, 1.82) is 0 Å². The molecule has 0 bridgehead atoms. The van der Waals surface area contributed by atoms with Crippen molar-refractivity contribution in [1.82, 2.24) is 9.71 Å². The largest absolute Gasteiger partial charge is 0.489 e. The van der Waals surface area contributed by atoms with Crippen LogP contribution in [0.1, 0.15) is 43.5 Å². The van der Waals surface area contributed by atoms with Gasteiger partial charge < -0.3 is 24.0 Å². The first kappa shape index (κ1) is 38.6. The van der Waals surface area contributed by atoms with E-state index < -0.39 is 5.56 Å². The molecule has 1 unspecified atom stereocenters. The fourth-order valence-corrected chi connectivity index (χ4v) is 5.98. The predicted octanol–water partition coefficient (Wildman–Crippen LogP) is 10.4. The second-order valence-electron chi connectivity index (χ2n) is 11.1. The van der Waals surface area contributed by atoms with Crippen molar-refractivity contribution >= 4 is 33.6 Å². The Labute approximate surface area is 311 Å². The fourth-order valence-electron chi connectivity index (χ4n) is 4.95. The Kier molecular flexibility index (Phi) is 14.6. The average molecular weight is 769 g/mol. The van der Waals surface area contributed by atoms with Gasteiger partial charge in [-0.25, -0.2) is 0 Å². The van der Waals surface area contributed by atoms with Crippen molar-refractivity contribution < 1.29 is 14.7 Å². The lowest BCUT2D eigenvalue weighted by atomic mass is 10.1. The number of rotatable bonds is 10. The molecule has 0 aliphatic carbocycles. The standard InChI is InChI=1S/C21H22N2O3S.C18H14BrNO2.C2H6/c1-15-6-10-18(11-7-15)26-19-12-8-17(9-13-19)23(27-3)16(2)20-5-4-14-22(25)21(20)24;19-16-7-3-13(4-8-16)14-5-9-17(10-6-14)22-12-15-2-1-11-20-18(15)21;1-2/h4-14,16,25H,1-3H3;1-11H,12H2,(H,20,21);1-2H3. The van der Waals surface area contributed by atoms with Crippen LogP contribution in [0, 0.1) is 6.92 Å². The molecule has 0 spiro atoms. The fraction of sp³-hybridized carbons (Fsp3) is 0.171. The summed E-state index contributed by atoms with van der Waals surface area (Å²) >= 11 is 4.94. The Balaban J connectivity index is 0.000000222. The molecule has 10 heteroatoms. The molecule has 0 saturated carbocycles. The highest BCUT2D eigenvalue weighted by Crippen LogP contribution is 2.33. The van der Waals surface area contributed by atoms with Gasteiger partial charge in [0.1, 0.15) is 23.9 Å². The minimum absolute atomic E-state index is 0.117. The minimum Gasteiger partial charge on any atom is -0.489 e. The van der Waals surface area contributed by atoms with Gasteiger partial charge in [0.05, 0.1) is 11.6 Å². The van der Waals surface area contributed by atoms with E-state index in [9.17, 15) is 14.8 Å². The topological polar surface area (TPSA) is 96.8 Å². The second kappa shape index (κ2) is 19.3. The lowest BCUT2D eigenvalue weighted by molar-refractivity contribution is 0.173. The molecule has 2 heterocycles. The summed E-state index contributed by atoms with van der Waals surface area (Å²) < 4.78 is 15.2. The molecular formula is C41H42BrN3O5S. The van der Waals surface area contributed by atoms with Crippen molar-refractivity contribution in [2.24, 2.45) is 0 Å². The van der Waals surface area contributed by atoms with E-state index in [2.05, 4.69) is 33.0 Å². The Hall–Kier alpha value is -5.19. The summed E-state index contributed by atoms with van der Waals surface area (Å²) in [4.78, 5) is 26.4. The molecular weight excluding hydrogens is 726 g/mol. The molecule has 0 fully saturated rings. The Morgan fingerprint density at radius 1 is 0.804 bits per heavy atom. The van der Waals surface area contributed by atoms with Crippen LogP contribution in [0.4, 0.5) is 5.69 Å². The van der Waals surface area contributed by atoms with Gasteiger partial charge in [0, 0.05) is 34.4 Å². The molecule has 51 heavy (non-hydrogen) atoms. The monoisotopic (exact) mass is 767 g/mol. The Morgan fingerprint density at radius 2 is 1.37 bits per heavy atom. The molecule has 264 valence electrons. The number of pyridine rings is 2. The summed E-state index contributed by atoms with van der Waals surface area (Å²) in [5.41, 5.74) is 5.00. The Morgan fingerprint density at radius 3 is 1.96 bits per heavy atom. The van der Waals surface area contributed by atoms with E-state index in [1.165, 1.54) is 23.7 Å². The van der Waals surface area contributed by atoms with E-state index in [1.807, 2.05) is 123 Å². The minimum atomic E-state index is -0.414. The number of H-pyrrole nitrogens is 1. The van der Waals surface area contributed by atoms with Crippen LogP contribution in [0.2, 0.25) is 0 Å². The maximum absolute atomic E-state index is 12.2. The molecule has 0 radical (unpaired) electrons. The van der Waals surface area contributed by atoms with Crippen LogP contribution in [0.25, 0.3) is 11.1 Å². The zero-order valence-electron chi connectivity index (χ0n) is 29.2. The van der Waals surface area contributed by atoms with Crippen molar-refractivity contribution in [3.05, 3.63) is 176 Å². The third kappa shape index (κ3) is 10.9. The maximum Gasteiger partial charge on any atom is 0.288 e. The smallest absolute Gasteiger partial charge is 0.288 e. The predicted molar refractivity (Wildman–Crippen MR) is 212 cm³/mol. The van der Waals surface area contributed by atoms with Crippen molar-refractivity contribution in [3.8, 4) is 28.4 Å². The number of anilines is 1. The van der Waals surface area contributed by atoms with E-state index >= 15 is 0 Å². The van der Waals surface area contributed by atoms with Crippen LogP contribution in [-0.4, -0.2) is 21.2 Å². The summed E-state index contributed by atoms with van der Waals surface area (Å²) in [6.07, 6.45) is 4.89. The zero-order valence-corrected chi connectivity index (χ0v) is 31.6. The van der Waals surface area contributed by atoms with Gasteiger partial charge in [-0.05, 0) is 110 Å². The highest BCUT2D eigenvalue weighted by molar-refractivity contribution is 9.10. The molecule has 4 aromatic carbocycles. The lowest BCUT2D eigenvalue weighted by Crippen LogP contribution is -2.28. The summed E-state index contributed by atoms with van der Waals surface area (Å²) in [7, 11) is 0. The quantitative estimate of drug-likeness (QED) is 0.106. The van der Waals surface area contributed by atoms with Gasteiger partial charge in [0.2, 0.25) is 0 Å². The van der Waals surface area contributed by atoms with Crippen LogP contribution in [-0.2, 0) is 6.61 Å². The summed E-state index contributed by atoms with van der Waals surface area (Å²) in [6, 6.07) is 38.3. The van der Waals surface area contributed by atoms with E-state index in [4.69, 9.17) is 9.47 Å². The van der Waals surface area contributed by atoms with Gasteiger partial charge in [0.25, 0.3) is 11.1 Å². The number of halogens is 1. The van der Waals surface area contributed by atoms with Crippen LogP contribution in [0.15, 0.2) is 148 Å². The van der Waals surface area contributed by atoms with E-state index in [-0.39, 0.29) is 18.2 Å². The number of nitrogens with zero attached hydrogens (tertiary/aromatic N) is 2. The summed E-state index contributed by atoms with van der Waals surface area (Å²) in [5.74, 6) is 2.27. The van der Waals surface area contributed by atoms with Gasteiger partial charge in [0.15, 0.2) is 0 Å². The van der Waals surface area contributed by atoms with Gasteiger partial charge in [-0.1, -0.05) is 83.7 Å². The SMILES string of the molecule is CC.CSN(c1ccc(Oc2ccc(C)cc2)cc1)C(C)c1cccn(O)c1=O.O=c1[nH]cccc1COc1ccc(-c2ccc(Br)cc2)cc1. The van der Waals surface area contributed by atoms with Gasteiger partial charge in [-0.2, -0.15) is 4.73 Å². The second-order valence-corrected chi connectivity index (χ2v) is 12.7. The van der Waals surface area contributed by atoms with Crippen molar-refractivity contribution in [2.45, 2.75) is 40.3 Å². The third-order valence-electron chi connectivity index (χ3n) is 7.63. The first-order valence-corrected chi connectivity index (χ1v) is 18.4. The first-order valence-electron chi connectivity index (χ1n) is 16.5. The van der Waals surface area contributed by atoms with E-state index in [0.29, 0.717) is 15.9 Å². The highest BCUT2D eigenvalue weighted by Gasteiger charge is 2.19. The third-order valence-corrected chi connectivity index (χ3v) is 9.08. The molecule has 0 saturated heterocycles. The highest BCUT2D eigenvalue weighted by atomic mass is 79.9. The van der Waals surface area contributed by atoms with Crippen LogP contribution < -0.4 is 24.9 Å². The normalized spacial score (nSPS) is 10.9. The molecule has 8 nitrogen and oxygen atoms in total. The van der Waals surface area contributed by atoms with Crippen LogP contribution >= 0.6 is 27.9 Å². The van der Waals surface area contributed by atoms with E-state index in [0.717, 1.165) is 38.5 Å². The first-order chi connectivity index (χ1) is 24.7. The van der Waals surface area contributed by atoms with Gasteiger partial charge in [-0.15, -0.1) is 0 Å². The summed E-state index contributed by atoms with van der Waals surface area (Å²) in [6.45, 7) is 8.23. The molecule has 0 amide bonds. The Bertz CT molecular complexity index is 2060. The van der Waals surface area contributed by atoms with Gasteiger partial charge >= 0.3 is 0 Å². The number of aromatic amines is 1. The molecule has 0 aliphatic heterocycles. The zero-order chi connectivity index (χ0) is 36.8.